The molecule has 9 heteroatoms. The molecule has 2 heterocycles. The first kappa shape index (κ1) is 19.4. The van der Waals surface area contributed by atoms with Crippen LogP contribution in [0.1, 0.15) is 48.3 Å². The van der Waals surface area contributed by atoms with Crippen LogP contribution in [-0.4, -0.2) is 43.6 Å². The summed E-state index contributed by atoms with van der Waals surface area (Å²) in [5.74, 6) is -1.11. The van der Waals surface area contributed by atoms with Crippen molar-refractivity contribution < 1.29 is 14.0 Å². The Balaban J connectivity index is 1.46. The van der Waals surface area contributed by atoms with E-state index in [-0.39, 0.29) is 49.8 Å². The molecule has 0 radical (unpaired) electrons. The minimum Gasteiger partial charge on any atom is -0.352 e. The summed E-state index contributed by atoms with van der Waals surface area (Å²) in [6.45, 7) is 0.434. The van der Waals surface area contributed by atoms with Crippen molar-refractivity contribution in [2.75, 3.05) is 6.54 Å². The average molecular weight is 401 g/mol. The van der Waals surface area contributed by atoms with Gasteiger partial charge in [-0.2, -0.15) is 0 Å². The quantitative estimate of drug-likeness (QED) is 0.818. The first-order valence-corrected chi connectivity index (χ1v) is 10.0. The van der Waals surface area contributed by atoms with Crippen LogP contribution in [0.3, 0.4) is 0 Å². The molecular formula is C20H24FN5O3. The van der Waals surface area contributed by atoms with Gasteiger partial charge in [-0.25, -0.2) is 13.9 Å². The summed E-state index contributed by atoms with van der Waals surface area (Å²) in [7, 11) is 0. The molecule has 1 N–H and O–H groups in total. The van der Waals surface area contributed by atoms with E-state index in [4.69, 9.17) is 0 Å². The maximum atomic E-state index is 13.9. The van der Waals surface area contributed by atoms with Crippen LogP contribution in [0.25, 0.3) is 0 Å². The number of amides is 2. The van der Waals surface area contributed by atoms with Crippen LogP contribution >= 0.6 is 0 Å². The van der Waals surface area contributed by atoms with E-state index in [1.54, 1.807) is 18.2 Å². The molecule has 29 heavy (non-hydrogen) atoms. The van der Waals surface area contributed by atoms with Gasteiger partial charge in [-0.15, -0.1) is 5.10 Å². The Kier molecular flexibility index (Phi) is 5.46. The first-order chi connectivity index (χ1) is 14.0. The summed E-state index contributed by atoms with van der Waals surface area (Å²) < 4.78 is 16.2. The summed E-state index contributed by atoms with van der Waals surface area (Å²) in [5.41, 5.74) is -0.0689. The Hall–Kier alpha value is -2.97. The first-order valence-electron chi connectivity index (χ1n) is 10.0. The van der Waals surface area contributed by atoms with Gasteiger partial charge in [0.15, 0.2) is 0 Å². The smallest absolute Gasteiger partial charge is 0.346 e. The van der Waals surface area contributed by atoms with Gasteiger partial charge in [0.05, 0.1) is 0 Å². The van der Waals surface area contributed by atoms with Crippen LogP contribution in [0.4, 0.5) is 4.39 Å². The van der Waals surface area contributed by atoms with Gasteiger partial charge in [0, 0.05) is 31.2 Å². The lowest BCUT2D eigenvalue weighted by molar-refractivity contribution is -0.122. The number of rotatable bonds is 5. The molecule has 0 atom stereocenters. The zero-order chi connectivity index (χ0) is 20.4. The normalized spacial score (nSPS) is 17.3. The van der Waals surface area contributed by atoms with Gasteiger partial charge >= 0.3 is 5.69 Å². The molecule has 1 aliphatic carbocycles. The van der Waals surface area contributed by atoms with Crippen LogP contribution in [0.5, 0.6) is 0 Å². The van der Waals surface area contributed by atoms with E-state index < -0.39 is 11.6 Å². The molecule has 0 unspecified atom stereocenters. The molecule has 1 aliphatic heterocycles. The Morgan fingerprint density at radius 1 is 1.14 bits per heavy atom. The molecule has 0 saturated heterocycles. The lowest BCUT2D eigenvalue weighted by Gasteiger charge is -2.26. The molecule has 2 amide bonds. The number of hydrogen-bond donors (Lipinski definition) is 1. The maximum absolute atomic E-state index is 13.9. The Morgan fingerprint density at radius 3 is 2.66 bits per heavy atom. The fraction of sp³-hybridized carbons (Fsp3) is 0.500. The number of benzene rings is 1. The van der Waals surface area contributed by atoms with Crippen LogP contribution in [0, 0.1) is 5.82 Å². The Morgan fingerprint density at radius 2 is 1.90 bits per heavy atom. The summed E-state index contributed by atoms with van der Waals surface area (Å²) in [4.78, 5) is 39.1. The van der Waals surface area contributed by atoms with Crippen molar-refractivity contribution in [1.29, 1.82) is 0 Å². The van der Waals surface area contributed by atoms with E-state index in [0.717, 1.165) is 30.4 Å². The van der Waals surface area contributed by atoms with E-state index >= 15 is 0 Å². The third kappa shape index (κ3) is 4.08. The molecule has 1 aromatic heterocycles. The monoisotopic (exact) mass is 401 g/mol. The molecule has 2 aliphatic rings. The standard InChI is InChI=1S/C20H24FN5O3/c21-16-9-5-4-6-14(16)12-24-10-11-25-18(19(24)28)23-26(20(25)29)13-17(27)22-15-7-2-1-3-8-15/h4-6,9,15H,1-3,7-8,10-13H2,(H,22,27). The second-order valence-electron chi connectivity index (χ2n) is 7.64. The molecule has 1 fully saturated rings. The number of nitrogens with one attached hydrogen (secondary N) is 1. The highest BCUT2D eigenvalue weighted by atomic mass is 19.1. The Bertz CT molecular complexity index is 977. The number of hydrogen-bond acceptors (Lipinski definition) is 4. The SMILES string of the molecule is O=C(Cn1nc2n(c1=O)CCN(Cc1ccccc1F)C2=O)NC1CCCCC1. The van der Waals surface area contributed by atoms with Crippen LogP contribution in [0.2, 0.25) is 0 Å². The number of halogens is 1. The highest BCUT2D eigenvalue weighted by Gasteiger charge is 2.30. The van der Waals surface area contributed by atoms with Crippen molar-refractivity contribution in [3.05, 3.63) is 52.0 Å². The minimum atomic E-state index is -0.474. The average Bonchev–Trinajstić information content (AvgIpc) is 3.03. The molecule has 1 saturated carbocycles. The number of carbonyl (C=O) groups is 2. The molecule has 1 aromatic carbocycles. The minimum absolute atomic E-state index is 0.0111. The summed E-state index contributed by atoms with van der Waals surface area (Å²) in [6, 6.07) is 6.41. The van der Waals surface area contributed by atoms with Crippen molar-refractivity contribution in [3.63, 3.8) is 0 Å². The van der Waals surface area contributed by atoms with E-state index in [9.17, 15) is 18.8 Å². The molecule has 2 aromatic rings. The van der Waals surface area contributed by atoms with E-state index in [1.807, 2.05) is 0 Å². The highest BCUT2D eigenvalue weighted by molar-refractivity contribution is 5.91. The van der Waals surface area contributed by atoms with Crippen molar-refractivity contribution in [3.8, 4) is 0 Å². The van der Waals surface area contributed by atoms with Gasteiger partial charge in [0.25, 0.3) is 5.91 Å². The molecular weight excluding hydrogens is 377 g/mol. The predicted molar refractivity (Wildman–Crippen MR) is 103 cm³/mol. The predicted octanol–water partition coefficient (Wildman–Crippen LogP) is 1.29. The van der Waals surface area contributed by atoms with Gasteiger partial charge in [-0.3, -0.25) is 14.2 Å². The number of fused-ring (bicyclic) bond motifs is 1. The Labute approximate surface area is 167 Å². The topological polar surface area (TPSA) is 89.2 Å². The maximum Gasteiger partial charge on any atom is 0.346 e. The number of nitrogens with zero attached hydrogens (tertiary/aromatic N) is 4. The lowest BCUT2D eigenvalue weighted by Crippen LogP contribution is -2.43. The summed E-state index contributed by atoms with van der Waals surface area (Å²) in [5, 5.41) is 7.05. The third-order valence-electron chi connectivity index (χ3n) is 5.58. The van der Waals surface area contributed by atoms with E-state index in [1.165, 1.54) is 22.0 Å². The van der Waals surface area contributed by atoms with Crippen LogP contribution in [0.15, 0.2) is 29.1 Å². The van der Waals surface area contributed by atoms with Gasteiger partial charge in [-0.1, -0.05) is 37.5 Å². The number of carbonyl (C=O) groups excluding carboxylic acids is 2. The second-order valence-corrected chi connectivity index (χ2v) is 7.64. The fourth-order valence-electron chi connectivity index (χ4n) is 4.01. The lowest BCUT2D eigenvalue weighted by atomic mass is 9.95. The van der Waals surface area contributed by atoms with Crippen molar-refractivity contribution in [1.82, 2.24) is 24.6 Å². The van der Waals surface area contributed by atoms with E-state index in [2.05, 4.69) is 10.4 Å². The van der Waals surface area contributed by atoms with Crippen molar-refractivity contribution in [2.24, 2.45) is 0 Å². The zero-order valence-electron chi connectivity index (χ0n) is 16.1. The van der Waals surface area contributed by atoms with Crippen LogP contribution in [-0.2, 0) is 24.4 Å². The van der Waals surface area contributed by atoms with Crippen molar-refractivity contribution in [2.45, 2.75) is 57.8 Å². The van der Waals surface area contributed by atoms with Gasteiger partial charge in [-0.05, 0) is 18.9 Å². The molecule has 0 bridgehead atoms. The second kappa shape index (κ2) is 8.18. The van der Waals surface area contributed by atoms with Gasteiger partial charge < -0.3 is 10.2 Å². The third-order valence-corrected chi connectivity index (χ3v) is 5.58. The molecule has 154 valence electrons. The van der Waals surface area contributed by atoms with Crippen molar-refractivity contribution >= 4 is 11.8 Å². The summed E-state index contributed by atoms with van der Waals surface area (Å²) in [6.07, 6.45) is 5.27. The molecule has 4 rings (SSSR count). The van der Waals surface area contributed by atoms with Gasteiger partial charge in [0.2, 0.25) is 11.7 Å². The zero-order valence-corrected chi connectivity index (χ0v) is 16.1. The highest BCUT2D eigenvalue weighted by Crippen LogP contribution is 2.17. The largest absolute Gasteiger partial charge is 0.352 e. The number of aromatic nitrogens is 3. The van der Waals surface area contributed by atoms with E-state index in [0.29, 0.717) is 5.56 Å². The van der Waals surface area contributed by atoms with Crippen LogP contribution < -0.4 is 11.0 Å². The molecule has 0 spiro atoms. The van der Waals surface area contributed by atoms with Gasteiger partial charge in [0.1, 0.15) is 12.4 Å². The fourth-order valence-corrected chi connectivity index (χ4v) is 4.01. The summed E-state index contributed by atoms with van der Waals surface area (Å²) >= 11 is 0. The molecule has 8 nitrogen and oxygen atoms in total.